The molecule has 0 amide bonds. The number of hydrogen-bond acceptors (Lipinski definition) is 2. The fourth-order valence-electron chi connectivity index (χ4n) is 1.16. The number of benzene rings is 1. The van der Waals surface area contributed by atoms with Gasteiger partial charge in [-0.05, 0) is 24.1 Å². The van der Waals surface area contributed by atoms with Crippen molar-refractivity contribution < 1.29 is 0 Å². The Morgan fingerprint density at radius 3 is 2.29 bits per heavy atom. The summed E-state index contributed by atoms with van der Waals surface area (Å²) in [7, 11) is 3.71. The Morgan fingerprint density at radius 1 is 1.14 bits per heavy atom. The molecule has 0 radical (unpaired) electrons. The van der Waals surface area contributed by atoms with Crippen LogP contribution < -0.4 is 0 Å². The van der Waals surface area contributed by atoms with Crippen LogP contribution in [0, 0.1) is 0 Å². The number of rotatable bonds is 4. The summed E-state index contributed by atoms with van der Waals surface area (Å²) < 4.78 is 0. The fourth-order valence-corrected chi connectivity index (χ4v) is 1.16. The van der Waals surface area contributed by atoms with Crippen molar-refractivity contribution in [3.63, 3.8) is 0 Å². The van der Waals surface area contributed by atoms with Crippen LogP contribution in [-0.4, -0.2) is 19.1 Å². The average Bonchev–Trinajstić information content (AvgIpc) is 2.17. The zero-order valence-electron chi connectivity index (χ0n) is 9.07. The lowest BCUT2D eigenvalue weighted by Gasteiger charge is -2.01. The number of nitrogens with zero attached hydrogens (tertiary/aromatic N) is 3. The van der Waals surface area contributed by atoms with E-state index in [4.69, 9.17) is 0 Å². The molecular weight excluding hydrogens is 174 g/mol. The van der Waals surface area contributed by atoms with E-state index in [1.54, 1.807) is 5.01 Å². The molecule has 0 bridgehead atoms. The number of aryl methyl sites for hydroxylation is 1. The van der Waals surface area contributed by atoms with Gasteiger partial charge in [0.15, 0.2) is 0 Å². The maximum atomic E-state index is 4.06. The molecule has 0 fully saturated rings. The van der Waals surface area contributed by atoms with E-state index in [1.807, 2.05) is 26.2 Å². The molecule has 0 saturated carbocycles. The first kappa shape index (κ1) is 10.7. The van der Waals surface area contributed by atoms with E-state index >= 15 is 0 Å². The third-order valence-corrected chi connectivity index (χ3v) is 1.81. The Balaban J connectivity index is 2.64. The molecule has 76 valence electrons. The van der Waals surface area contributed by atoms with Crippen LogP contribution in [0.1, 0.15) is 18.9 Å². The van der Waals surface area contributed by atoms with Crippen LogP contribution >= 0.6 is 0 Å². The lowest BCUT2D eigenvalue weighted by molar-refractivity contribution is 0.408. The Bertz CT molecular complexity index is 288. The molecule has 0 N–H and O–H groups in total. The smallest absolute Gasteiger partial charge is 0.0874 e. The van der Waals surface area contributed by atoms with E-state index in [2.05, 4.69) is 29.4 Å². The minimum absolute atomic E-state index is 0.901. The molecular formula is C11H17N3. The van der Waals surface area contributed by atoms with E-state index < -0.39 is 0 Å². The molecule has 0 aliphatic heterocycles. The molecule has 3 heteroatoms. The SMILES string of the molecule is CCCc1ccc(N=NN(C)C)cc1. The maximum Gasteiger partial charge on any atom is 0.0874 e. The van der Waals surface area contributed by atoms with Gasteiger partial charge in [0.25, 0.3) is 0 Å². The first-order valence-corrected chi connectivity index (χ1v) is 4.90. The molecule has 0 aromatic heterocycles. The topological polar surface area (TPSA) is 28.0 Å². The van der Waals surface area contributed by atoms with Crippen LogP contribution in [0.3, 0.4) is 0 Å². The average molecular weight is 191 g/mol. The summed E-state index contributed by atoms with van der Waals surface area (Å²) in [5, 5.41) is 9.67. The second kappa shape index (κ2) is 5.37. The summed E-state index contributed by atoms with van der Waals surface area (Å²) >= 11 is 0. The molecule has 0 aliphatic carbocycles. The van der Waals surface area contributed by atoms with Crippen LogP contribution in [0.25, 0.3) is 0 Å². The molecule has 0 unspecified atom stereocenters. The standard InChI is InChI=1S/C11H17N3/c1-4-5-10-6-8-11(9-7-10)12-13-14(2)3/h6-9H,4-5H2,1-3H3. The van der Waals surface area contributed by atoms with Gasteiger partial charge in [0.2, 0.25) is 0 Å². The normalized spacial score (nSPS) is 10.8. The van der Waals surface area contributed by atoms with E-state index in [0.29, 0.717) is 0 Å². The quantitative estimate of drug-likeness (QED) is 0.530. The van der Waals surface area contributed by atoms with E-state index in [1.165, 1.54) is 12.0 Å². The highest BCUT2D eigenvalue weighted by Crippen LogP contribution is 2.14. The molecule has 1 aromatic rings. The maximum absolute atomic E-state index is 4.06. The second-order valence-electron chi connectivity index (χ2n) is 3.45. The highest BCUT2D eigenvalue weighted by molar-refractivity contribution is 5.38. The van der Waals surface area contributed by atoms with Crippen LogP contribution in [0.15, 0.2) is 34.6 Å². The van der Waals surface area contributed by atoms with E-state index in [-0.39, 0.29) is 0 Å². The van der Waals surface area contributed by atoms with Crippen molar-refractivity contribution in [2.45, 2.75) is 19.8 Å². The second-order valence-corrected chi connectivity index (χ2v) is 3.45. The first-order chi connectivity index (χ1) is 6.72. The van der Waals surface area contributed by atoms with Gasteiger partial charge in [-0.1, -0.05) is 30.7 Å². The van der Waals surface area contributed by atoms with E-state index in [0.717, 1.165) is 12.1 Å². The minimum atomic E-state index is 0.901. The third-order valence-electron chi connectivity index (χ3n) is 1.81. The highest BCUT2D eigenvalue weighted by Gasteiger charge is 1.92. The van der Waals surface area contributed by atoms with Gasteiger partial charge < -0.3 is 0 Å². The minimum Gasteiger partial charge on any atom is -0.285 e. The Hall–Kier alpha value is -1.38. The summed E-state index contributed by atoms with van der Waals surface area (Å²) in [4.78, 5) is 0. The van der Waals surface area contributed by atoms with Gasteiger partial charge in [-0.2, -0.15) is 0 Å². The third kappa shape index (κ3) is 3.56. The summed E-state index contributed by atoms with van der Waals surface area (Å²) in [5.41, 5.74) is 2.26. The Labute approximate surface area is 85.4 Å². The van der Waals surface area contributed by atoms with Gasteiger partial charge in [-0.15, -0.1) is 5.11 Å². The molecule has 3 nitrogen and oxygen atoms in total. The zero-order chi connectivity index (χ0) is 10.4. The predicted octanol–water partition coefficient (Wildman–Crippen LogP) is 3.20. The van der Waals surface area contributed by atoms with Crippen LogP contribution in [0.5, 0.6) is 0 Å². The monoisotopic (exact) mass is 191 g/mol. The summed E-state index contributed by atoms with van der Waals surface area (Å²) in [6.45, 7) is 2.18. The molecule has 0 aliphatic rings. The lowest BCUT2D eigenvalue weighted by Crippen LogP contribution is -1.98. The van der Waals surface area contributed by atoms with Crippen molar-refractivity contribution in [1.29, 1.82) is 0 Å². The van der Waals surface area contributed by atoms with Crippen molar-refractivity contribution in [3.8, 4) is 0 Å². The van der Waals surface area contributed by atoms with Crippen molar-refractivity contribution >= 4 is 5.69 Å². The number of hydrogen-bond donors (Lipinski definition) is 0. The predicted molar refractivity (Wildman–Crippen MR) is 58.6 cm³/mol. The fraction of sp³-hybridized carbons (Fsp3) is 0.455. The zero-order valence-corrected chi connectivity index (χ0v) is 9.07. The Kier molecular flexibility index (Phi) is 4.11. The van der Waals surface area contributed by atoms with Crippen molar-refractivity contribution in [1.82, 2.24) is 5.01 Å². The van der Waals surface area contributed by atoms with Crippen molar-refractivity contribution in [2.75, 3.05) is 14.1 Å². The van der Waals surface area contributed by atoms with Gasteiger partial charge in [0.1, 0.15) is 0 Å². The summed E-state index contributed by atoms with van der Waals surface area (Å²) in [6, 6.07) is 8.21. The highest BCUT2D eigenvalue weighted by atomic mass is 15.5. The molecule has 0 spiro atoms. The molecule has 1 aromatic carbocycles. The Morgan fingerprint density at radius 2 is 1.79 bits per heavy atom. The van der Waals surface area contributed by atoms with Crippen LogP contribution in [0.2, 0.25) is 0 Å². The first-order valence-electron chi connectivity index (χ1n) is 4.90. The largest absolute Gasteiger partial charge is 0.285 e. The molecule has 0 atom stereocenters. The molecule has 0 heterocycles. The van der Waals surface area contributed by atoms with Crippen molar-refractivity contribution in [3.05, 3.63) is 29.8 Å². The van der Waals surface area contributed by atoms with Crippen molar-refractivity contribution in [2.24, 2.45) is 10.3 Å². The lowest BCUT2D eigenvalue weighted by atomic mass is 10.1. The van der Waals surface area contributed by atoms with Gasteiger partial charge in [0.05, 0.1) is 5.69 Å². The van der Waals surface area contributed by atoms with Gasteiger partial charge in [-0.25, -0.2) is 0 Å². The molecule has 1 rings (SSSR count). The molecule has 0 saturated heterocycles. The van der Waals surface area contributed by atoms with Crippen LogP contribution in [-0.2, 0) is 6.42 Å². The van der Waals surface area contributed by atoms with Gasteiger partial charge >= 0.3 is 0 Å². The van der Waals surface area contributed by atoms with Gasteiger partial charge in [0, 0.05) is 14.1 Å². The van der Waals surface area contributed by atoms with Crippen LogP contribution in [0.4, 0.5) is 5.69 Å². The van der Waals surface area contributed by atoms with E-state index in [9.17, 15) is 0 Å². The summed E-state index contributed by atoms with van der Waals surface area (Å²) in [6.07, 6.45) is 2.31. The molecule has 14 heavy (non-hydrogen) atoms. The van der Waals surface area contributed by atoms with Gasteiger partial charge in [-0.3, -0.25) is 5.01 Å². The summed E-state index contributed by atoms with van der Waals surface area (Å²) in [5.74, 6) is 0.